The van der Waals surface area contributed by atoms with Crippen molar-refractivity contribution in [1.82, 2.24) is 0 Å². The lowest BCUT2D eigenvalue weighted by molar-refractivity contribution is -0.385. The Bertz CT molecular complexity index is 668. The van der Waals surface area contributed by atoms with Gasteiger partial charge in [-0.15, -0.1) is 0 Å². The molecule has 0 unspecified atom stereocenters. The number of rotatable bonds is 4. The third kappa shape index (κ3) is 2.15. The molecule has 0 aromatic heterocycles. The van der Waals surface area contributed by atoms with Gasteiger partial charge in [0.15, 0.2) is 0 Å². The summed E-state index contributed by atoms with van der Waals surface area (Å²) in [5.74, 6) is -1.18. The van der Waals surface area contributed by atoms with E-state index in [1.165, 1.54) is 12.1 Å². The van der Waals surface area contributed by atoms with Crippen LogP contribution in [-0.2, 0) is 0 Å². The number of aromatic carboxylic acids is 1. The number of nitro benzene ring substituents is 1. The molecule has 1 aromatic rings. The van der Waals surface area contributed by atoms with Crippen molar-refractivity contribution in [3.8, 4) is 0 Å². The van der Waals surface area contributed by atoms with Gasteiger partial charge in [0.2, 0.25) is 0 Å². The summed E-state index contributed by atoms with van der Waals surface area (Å²) in [6.07, 6.45) is 6.72. The van der Waals surface area contributed by atoms with E-state index in [1.54, 1.807) is 0 Å². The molecule has 2 aliphatic rings. The van der Waals surface area contributed by atoms with Crippen molar-refractivity contribution in [3.05, 3.63) is 45.5 Å². The summed E-state index contributed by atoms with van der Waals surface area (Å²) < 4.78 is 0. The molecule has 3 atom stereocenters. The standard InChI is InChI=1S/C16H18N2O4/c1-2-4-12-9-5-3-6-10(9)14-13(18(21)22)8-7-11(16(19)20)15(14)17-12/h3,6-10,12,17H,2,4-5H2,1H3,(H,19,20)/p-1/t9-,10+,12-/m1/s1. The Balaban J connectivity index is 2.20. The highest BCUT2D eigenvalue weighted by atomic mass is 16.6. The highest BCUT2D eigenvalue weighted by Crippen LogP contribution is 2.49. The first-order chi connectivity index (χ1) is 10.5. The molecule has 0 saturated heterocycles. The molecule has 1 aromatic carbocycles. The van der Waals surface area contributed by atoms with Crippen LogP contribution in [0.25, 0.3) is 0 Å². The van der Waals surface area contributed by atoms with Crippen LogP contribution in [0.2, 0.25) is 0 Å². The smallest absolute Gasteiger partial charge is 0.275 e. The highest BCUT2D eigenvalue weighted by Gasteiger charge is 2.41. The fraction of sp³-hybridized carbons (Fsp3) is 0.438. The average molecular weight is 301 g/mol. The summed E-state index contributed by atoms with van der Waals surface area (Å²) in [4.78, 5) is 22.3. The van der Waals surface area contributed by atoms with Gasteiger partial charge in [-0.25, -0.2) is 0 Å². The first-order valence-corrected chi connectivity index (χ1v) is 7.50. The number of benzene rings is 1. The second-order valence-corrected chi connectivity index (χ2v) is 5.86. The normalized spacial score (nSPS) is 25.2. The Morgan fingerprint density at radius 2 is 2.23 bits per heavy atom. The number of carboxylic acids is 1. The van der Waals surface area contributed by atoms with Gasteiger partial charge >= 0.3 is 0 Å². The number of carboxylic acid groups (broad SMARTS) is 1. The van der Waals surface area contributed by atoms with Crippen molar-refractivity contribution < 1.29 is 14.8 Å². The van der Waals surface area contributed by atoms with Crippen LogP contribution >= 0.6 is 0 Å². The molecular weight excluding hydrogens is 284 g/mol. The molecule has 116 valence electrons. The van der Waals surface area contributed by atoms with Crippen molar-refractivity contribution >= 4 is 17.3 Å². The third-order valence-corrected chi connectivity index (χ3v) is 4.63. The summed E-state index contributed by atoms with van der Waals surface area (Å²) in [6, 6.07) is 2.66. The van der Waals surface area contributed by atoms with Gasteiger partial charge in [-0.3, -0.25) is 10.1 Å². The van der Waals surface area contributed by atoms with E-state index in [1.807, 2.05) is 12.2 Å². The quantitative estimate of drug-likeness (QED) is 0.522. The number of nitrogens with zero attached hydrogens (tertiary/aromatic N) is 1. The number of anilines is 1. The minimum Gasteiger partial charge on any atom is -0.545 e. The van der Waals surface area contributed by atoms with Crippen molar-refractivity contribution in [1.29, 1.82) is 0 Å². The molecule has 1 heterocycles. The Labute approximate surface area is 128 Å². The van der Waals surface area contributed by atoms with E-state index < -0.39 is 10.9 Å². The van der Waals surface area contributed by atoms with Gasteiger partial charge in [0.05, 0.1) is 22.1 Å². The number of hydrogen-bond donors (Lipinski definition) is 1. The molecule has 3 rings (SSSR count). The summed E-state index contributed by atoms with van der Waals surface area (Å²) in [6.45, 7) is 2.07. The van der Waals surface area contributed by atoms with E-state index in [-0.39, 0.29) is 29.1 Å². The van der Waals surface area contributed by atoms with Gasteiger partial charge in [0.25, 0.3) is 5.69 Å². The van der Waals surface area contributed by atoms with E-state index in [0.29, 0.717) is 11.3 Å². The first-order valence-electron chi connectivity index (χ1n) is 7.50. The van der Waals surface area contributed by atoms with Crippen molar-refractivity contribution in [2.45, 2.75) is 38.1 Å². The summed E-state index contributed by atoms with van der Waals surface area (Å²) >= 11 is 0. The fourth-order valence-electron chi connectivity index (χ4n) is 3.72. The summed E-state index contributed by atoms with van der Waals surface area (Å²) in [7, 11) is 0. The van der Waals surface area contributed by atoms with E-state index in [9.17, 15) is 20.0 Å². The summed E-state index contributed by atoms with van der Waals surface area (Å²) in [5, 5.41) is 26.0. The lowest BCUT2D eigenvalue weighted by Gasteiger charge is -2.38. The molecular formula is C16H17N2O4-. The van der Waals surface area contributed by atoms with Crippen LogP contribution in [0.5, 0.6) is 0 Å². The molecule has 1 aliphatic carbocycles. The lowest BCUT2D eigenvalue weighted by atomic mass is 9.76. The number of hydrogen-bond acceptors (Lipinski definition) is 5. The number of allylic oxidation sites excluding steroid dienone is 2. The van der Waals surface area contributed by atoms with E-state index in [0.717, 1.165) is 19.3 Å². The predicted octanol–water partition coefficient (Wildman–Crippen LogP) is 2.21. The van der Waals surface area contributed by atoms with Gasteiger partial charge in [-0.05, 0) is 24.8 Å². The zero-order chi connectivity index (χ0) is 15.9. The maximum absolute atomic E-state index is 11.4. The Morgan fingerprint density at radius 3 is 2.86 bits per heavy atom. The second kappa shape index (κ2) is 5.44. The predicted molar refractivity (Wildman–Crippen MR) is 79.7 cm³/mol. The Morgan fingerprint density at radius 1 is 1.45 bits per heavy atom. The first kappa shape index (κ1) is 14.6. The van der Waals surface area contributed by atoms with Crippen LogP contribution in [-0.4, -0.2) is 16.9 Å². The van der Waals surface area contributed by atoms with Gasteiger partial charge in [-0.2, -0.15) is 0 Å². The molecule has 22 heavy (non-hydrogen) atoms. The number of carbonyl (C=O) groups excluding carboxylic acids is 1. The lowest BCUT2D eigenvalue weighted by Crippen LogP contribution is -2.38. The SMILES string of the molecule is CCC[C@H]1Nc2c(C(=O)[O-])ccc([N+](=O)[O-])c2[C@H]2C=CC[C@H]21. The van der Waals surface area contributed by atoms with Crippen molar-refractivity contribution in [2.24, 2.45) is 5.92 Å². The maximum Gasteiger partial charge on any atom is 0.275 e. The van der Waals surface area contributed by atoms with Gasteiger partial charge < -0.3 is 15.2 Å². The topological polar surface area (TPSA) is 95.3 Å². The molecule has 0 amide bonds. The number of fused-ring (bicyclic) bond motifs is 3. The second-order valence-electron chi connectivity index (χ2n) is 5.86. The molecule has 0 fully saturated rings. The van der Waals surface area contributed by atoms with Crippen LogP contribution in [0.1, 0.15) is 48.0 Å². The third-order valence-electron chi connectivity index (χ3n) is 4.63. The number of nitrogens with one attached hydrogen (secondary N) is 1. The molecule has 6 heteroatoms. The molecule has 1 aliphatic heterocycles. The van der Waals surface area contributed by atoms with Crippen LogP contribution in [0.15, 0.2) is 24.3 Å². The monoisotopic (exact) mass is 301 g/mol. The molecule has 1 N–H and O–H groups in total. The Hall–Kier alpha value is -2.37. The van der Waals surface area contributed by atoms with Crippen molar-refractivity contribution in [3.63, 3.8) is 0 Å². The van der Waals surface area contributed by atoms with Crippen molar-refractivity contribution in [2.75, 3.05) is 5.32 Å². The fourth-order valence-corrected chi connectivity index (χ4v) is 3.72. The van der Waals surface area contributed by atoms with Crippen LogP contribution in [0.4, 0.5) is 11.4 Å². The molecule has 0 radical (unpaired) electrons. The average Bonchev–Trinajstić information content (AvgIpc) is 2.95. The minimum absolute atomic E-state index is 0.000420. The molecule has 0 bridgehead atoms. The zero-order valence-electron chi connectivity index (χ0n) is 12.2. The van der Waals surface area contributed by atoms with Gasteiger partial charge in [0.1, 0.15) is 0 Å². The van der Waals surface area contributed by atoms with Crippen LogP contribution in [0.3, 0.4) is 0 Å². The zero-order valence-corrected chi connectivity index (χ0v) is 12.2. The van der Waals surface area contributed by atoms with Crippen LogP contribution in [0, 0.1) is 16.0 Å². The van der Waals surface area contributed by atoms with Crippen LogP contribution < -0.4 is 10.4 Å². The van der Waals surface area contributed by atoms with E-state index in [2.05, 4.69) is 12.2 Å². The Kier molecular flexibility index (Phi) is 3.60. The van der Waals surface area contributed by atoms with Gasteiger partial charge in [0, 0.05) is 23.6 Å². The van der Waals surface area contributed by atoms with E-state index in [4.69, 9.17) is 0 Å². The minimum atomic E-state index is -1.31. The number of nitro groups is 1. The summed E-state index contributed by atoms with van der Waals surface area (Å²) in [5.41, 5.74) is 0.822. The maximum atomic E-state index is 11.4. The molecule has 6 nitrogen and oxygen atoms in total. The molecule has 0 saturated carbocycles. The number of carbonyl (C=O) groups is 1. The molecule has 0 spiro atoms. The highest BCUT2D eigenvalue weighted by molar-refractivity contribution is 5.95. The van der Waals surface area contributed by atoms with Gasteiger partial charge in [-0.1, -0.05) is 25.5 Å². The van der Waals surface area contributed by atoms with E-state index >= 15 is 0 Å². The largest absolute Gasteiger partial charge is 0.545 e.